The fraction of sp³-hybridized carbons (Fsp3) is 0.636. The Morgan fingerprint density at radius 2 is 1.70 bits per heavy atom. The van der Waals surface area contributed by atoms with Crippen molar-refractivity contribution in [1.82, 2.24) is 0 Å². The molecule has 0 spiro atoms. The average molecular weight is 355 g/mol. The molecule has 1 N–H and O–H groups in total. The molecule has 0 heterocycles. The van der Waals surface area contributed by atoms with Crippen LogP contribution in [0.5, 0.6) is 0 Å². The lowest BCUT2D eigenvalue weighted by Crippen LogP contribution is -2.47. The van der Waals surface area contributed by atoms with Gasteiger partial charge >= 0.3 is 17.9 Å². The Morgan fingerprint density at radius 1 is 1.15 bits per heavy atom. The first kappa shape index (κ1) is 18.5. The normalized spacial score (nSPS) is 14.6. The van der Waals surface area contributed by atoms with Gasteiger partial charge < -0.3 is 19.3 Å². The third-order valence-corrected chi connectivity index (χ3v) is 2.46. The first-order valence-electron chi connectivity index (χ1n) is 5.51. The number of carbonyl (C=O) groups is 4. The zero-order chi connectivity index (χ0) is 15.7. The third kappa shape index (κ3) is 6.62. The van der Waals surface area contributed by atoms with E-state index in [2.05, 4.69) is 15.9 Å². The number of ether oxygens (including phenoxy) is 3. The van der Waals surface area contributed by atoms with E-state index in [-0.39, 0.29) is 11.6 Å². The maximum atomic E-state index is 11.2. The van der Waals surface area contributed by atoms with Gasteiger partial charge in [0.1, 0.15) is 5.33 Å². The van der Waals surface area contributed by atoms with Crippen LogP contribution in [0.3, 0.4) is 0 Å². The molecule has 20 heavy (non-hydrogen) atoms. The van der Waals surface area contributed by atoms with Crippen LogP contribution in [0, 0.1) is 0 Å². The van der Waals surface area contributed by atoms with Gasteiger partial charge in [-0.05, 0) is 0 Å². The molecule has 0 aliphatic heterocycles. The molecule has 0 radical (unpaired) electrons. The lowest BCUT2D eigenvalue weighted by atomic mass is 10.1. The third-order valence-electron chi connectivity index (χ3n) is 2.00. The first-order valence-corrected chi connectivity index (χ1v) is 6.63. The molecule has 0 bridgehead atoms. The van der Waals surface area contributed by atoms with Gasteiger partial charge in [0.2, 0.25) is 0 Å². The van der Waals surface area contributed by atoms with E-state index in [1.54, 1.807) is 0 Å². The molecule has 0 fully saturated rings. The van der Waals surface area contributed by atoms with E-state index < -0.39 is 42.8 Å². The highest BCUT2D eigenvalue weighted by Crippen LogP contribution is 2.13. The van der Waals surface area contributed by atoms with Crippen molar-refractivity contribution in [3.05, 3.63) is 0 Å². The van der Waals surface area contributed by atoms with Crippen LogP contribution >= 0.6 is 15.9 Å². The van der Waals surface area contributed by atoms with Gasteiger partial charge in [0, 0.05) is 13.8 Å². The Balaban J connectivity index is 5.14. The number of aldehydes is 1. The summed E-state index contributed by atoms with van der Waals surface area (Å²) in [5.74, 6) is -2.32. The average Bonchev–Trinajstić information content (AvgIpc) is 2.39. The summed E-state index contributed by atoms with van der Waals surface area (Å²) < 4.78 is 14.3. The highest BCUT2D eigenvalue weighted by atomic mass is 79.9. The quantitative estimate of drug-likeness (QED) is 0.264. The monoisotopic (exact) mass is 354 g/mol. The maximum absolute atomic E-state index is 11.2. The van der Waals surface area contributed by atoms with Crippen molar-refractivity contribution in [3.8, 4) is 0 Å². The largest absolute Gasteiger partial charge is 0.456 e. The van der Waals surface area contributed by atoms with E-state index >= 15 is 0 Å². The summed E-state index contributed by atoms with van der Waals surface area (Å²) in [6, 6.07) is 0. The number of esters is 3. The number of hydrogen-bond donors (Lipinski definition) is 1. The Labute approximate surface area is 123 Å². The van der Waals surface area contributed by atoms with Crippen molar-refractivity contribution in [2.45, 2.75) is 32.2 Å². The van der Waals surface area contributed by atoms with Crippen molar-refractivity contribution < 1.29 is 38.5 Å². The van der Waals surface area contributed by atoms with Crippen LogP contribution in [0.15, 0.2) is 0 Å². The van der Waals surface area contributed by atoms with E-state index in [4.69, 9.17) is 19.3 Å². The van der Waals surface area contributed by atoms with E-state index in [1.807, 2.05) is 0 Å². The molecule has 0 saturated carbocycles. The predicted molar refractivity (Wildman–Crippen MR) is 67.9 cm³/mol. The molecule has 8 nitrogen and oxygen atoms in total. The second-order valence-electron chi connectivity index (χ2n) is 3.63. The van der Waals surface area contributed by atoms with Crippen LogP contribution in [-0.2, 0) is 33.4 Å². The van der Waals surface area contributed by atoms with Crippen molar-refractivity contribution in [2.75, 3.05) is 11.9 Å². The SMILES string of the molecule is CC(=O)O[C@H]([C@H](C=O)OC(=O)CBr)[C@@H](CO)OC(C)=O. The first-order chi connectivity index (χ1) is 9.35. The summed E-state index contributed by atoms with van der Waals surface area (Å²) in [6.45, 7) is 1.42. The van der Waals surface area contributed by atoms with E-state index in [1.165, 1.54) is 0 Å². The number of halogens is 1. The maximum Gasteiger partial charge on any atom is 0.317 e. The molecule has 0 aromatic heterocycles. The smallest absolute Gasteiger partial charge is 0.317 e. The second kappa shape index (κ2) is 9.43. The minimum absolute atomic E-state index is 0.179. The minimum Gasteiger partial charge on any atom is -0.456 e. The summed E-state index contributed by atoms with van der Waals surface area (Å²) in [5, 5.41) is 8.98. The topological polar surface area (TPSA) is 116 Å². The highest BCUT2D eigenvalue weighted by Gasteiger charge is 2.36. The summed E-state index contributed by atoms with van der Waals surface area (Å²) in [5.41, 5.74) is 0. The fourth-order valence-corrected chi connectivity index (χ4v) is 1.46. The molecule has 0 amide bonds. The van der Waals surface area contributed by atoms with Crippen molar-refractivity contribution >= 4 is 40.1 Å². The van der Waals surface area contributed by atoms with E-state index in [0.717, 1.165) is 13.8 Å². The molecule has 9 heteroatoms. The highest BCUT2D eigenvalue weighted by molar-refractivity contribution is 9.09. The fourth-order valence-electron chi connectivity index (χ4n) is 1.32. The van der Waals surface area contributed by atoms with Gasteiger partial charge in [0.15, 0.2) is 24.6 Å². The van der Waals surface area contributed by atoms with E-state index in [9.17, 15) is 19.2 Å². The second-order valence-corrected chi connectivity index (χ2v) is 4.19. The number of aliphatic hydroxyl groups excluding tert-OH is 1. The summed E-state index contributed by atoms with van der Waals surface area (Å²) in [6.07, 6.45) is -4.03. The zero-order valence-electron chi connectivity index (χ0n) is 10.9. The van der Waals surface area contributed by atoms with Gasteiger partial charge in [0.25, 0.3) is 0 Å². The Kier molecular flexibility index (Phi) is 8.73. The van der Waals surface area contributed by atoms with Crippen molar-refractivity contribution in [2.24, 2.45) is 0 Å². The van der Waals surface area contributed by atoms with Gasteiger partial charge in [-0.3, -0.25) is 19.2 Å². The molecule has 0 unspecified atom stereocenters. The Hall–Kier alpha value is -1.48. The molecule has 0 aromatic carbocycles. The van der Waals surface area contributed by atoms with Gasteiger partial charge in [-0.25, -0.2) is 0 Å². The zero-order valence-corrected chi connectivity index (χ0v) is 12.5. The molecule has 0 rings (SSSR count). The van der Waals surface area contributed by atoms with Gasteiger partial charge in [-0.2, -0.15) is 0 Å². The molecule has 0 aromatic rings. The van der Waals surface area contributed by atoms with Crippen molar-refractivity contribution in [1.29, 1.82) is 0 Å². The molecule has 0 saturated heterocycles. The van der Waals surface area contributed by atoms with Crippen LogP contribution < -0.4 is 0 Å². The van der Waals surface area contributed by atoms with Gasteiger partial charge in [-0.15, -0.1) is 0 Å². The molecular weight excluding hydrogens is 340 g/mol. The molecule has 3 atom stereocenters. The van der Waals surface area contributed by atoms with Crippen molar-refractivity contribution in [3.63, 3.8) is 0 Å². The number of rotatable bonds is 8. The summed E-state index contributed by atoms with van der Waals surface area (Å²) in [7, 11) is 0. The summed E-state index contributed by atoms with van der Waals surface area (Å²) >= 11 is 2.83. The standard InChI is InChI=1S/C11H15BrO8/c1-6(15)18-8(4-13)11(19-7(2)16)9(5-14)20-10(17)3-12/h5,8-9,11,13H,3-4H2,1-2H3/t8-,9+,11+/m1/s1. The molecule has 0 aliphatic carbocycles. The Morgan fingerprint density at radius 3 is 2.05 bits per heavy atom. The van der Waals surface area contributed by atoms with Crippen LogP contribution in [0.25, 0.3) is 0 Å². The molecular formula is C11H15BrO8. The lowest BCUT2D eigenvalue weighted by Gasteiger charge is -2.28. The van der Waals surface area contributed by atoms with E-state index in [0.29, 0.717) is 0 Å². The van der Waals surface area contributed by atoms with Gasteiger partial charge in [-0.1, -0.05) is 15.9 Å². The van der Waals surface area contributed by atoms with Crippen LogP contribution in [0.1, 0.15) is 13.8 Å². The Bertz CT molecular complexity index is 369. The minimum atomic E-state index is -1.50. The number of alkyl halides is 1. The summed E-state index contributed by atoms with van der Waals surface area (Å²) in [4.78, 5) is 44.1. The van der Waals surface area contributed by atoms with Gasteiger partial charge in [0.05, 0.1) is 6.61 Å². The predicted octanol–water partition coefficient (Wildman–Crippen LogP) is -0.652. The van der Waals surface area contributed by atoms with Crippen LogP contribution in [0.4, 0.5) is 0 Å². The molecule has 114 valence electrons. The number of hydrogen-bond acceptors (Lipinski definition) is 8. The van der Waals surface area contributed by atoms with Crippen LogP contribution in [-0.4, -0.2) is 59.5 Å². The number of aliphatic hydroxyl groups is 1. The molecule has 0 aliphatic rings. The lowest BCUT2D eigenvalue weighted by molar-refractivity contribution is -0.185. The number of carbonyl (C=O) groups excluding carboxylic acids is 4. The van der Waals surface area contributed by atoms with Crippen LogP contribution in [0.2, 0.25) is 0 Å².